The van der Waals surface area contributed by atoms with Crippen LogP contribution in [0.2, 0.25) is 5.15 Å². The summed E-state index contributed by atoms with van der Waals surface area (Å²) >= 11 is 6.42. The first kappa shape index (κ1) is 21.0. The molecule has 7 nitrogen and oxygen atoms in total. The molecule has 29 heavy (non-hydrogen) atoms. The number of sulfonamides is 1. The van der Waals surface area contributed by atoms with E-state index in [2.05, 4.69) is 10.4 Å². The van der Waals surface area contributed by atoms with Gasteiger partial charge in [-0.2, -0.15) is 5.10 Å². The van der Waals surface area contributed by atoms with Crippen LogP contribution >= 0.6 is 11.6 Å². The maximum atomic E-state index is 12.8. The molecule has 0 bridgehead atoms. The zero-order valence-corrected chi connectivity index (χ0v) is 17.8. The minimum absolute atomic E-state index is 0.0860. The number of hydrogen-bond donors (Lipinski definition) is 1. The highest BCUT2D eigenvalue weighted by atomic mass is 35.5. The molecule has 0 spiro atoms. The summed E-state index contributed by atoms with van der Waals surface area (Å²) in [7, 11) is -0.709. The van der Waals surface area contributed by atoms with Gasteiger partial charge in [0.1, 0.15) is 5.15 Å². The van der Waals surface area contributed by atoms with Gasteiger partial charge in [-0.1, -0.05) is 48.0 Å². The number of anilines is 1. The second-order valence-corrected chi connectivity index (χ2v) is 9.17. The van der Waals surface area contributed by atoms with Gasteiger partial charge in [0, 0.05) is 19.8 Å². The van der Waals surface area contributed by atoms with Crippen LogP contribution in [0.15, 0.2) is 59.5 Å². The van der Waals surface area contributed by atoms with Crippen LogP contribution in [-0.2, 0) is 16.6 Å². The number of benzene rings is 2. The minimum Gasteiger partial charge on any atom is -0.322 e. The molecule has 0 unspecified atom stereocenters. The Labute approximate surface area is 175 Å². The SMILES string of the molecule is Cc1nn(Cc2ccccc2)c(Cl)c1C(=O)Nc1cccc(S(=O)(=O)N(C)C)c1. The maximum Gasteiger partial charge on any atom is 0.260 e. The molecule has 0 saturated carbocycles. The van der Waals surface area contributed by atoms with E-state index in [-0.39, 0.29) is 15.6 Å². The van der Waals surface area contributed by atoms with Crippen LogP contribution in [0.5, 0.6) is 0 Å². The van der Waals surface area contributed by atoms with Crippen molar-refractivity contribution in [1.82, 2.24) is 14.1 Å². The van der Waals surface area contributed by atoms with Crippen molar-refractivity contribution in [3.63, 3.8) is 0 Å². The number of nitrogens with one attached hydrogen (secondary N) is 1. The second kappa shape index (κ2) is 8.36. The van der Waals surface area contributed by atoms with E-state index < -0.39 is 15.9 Å². The topological polar surface area (TPSA) is 84.3 Å². The van der Waals surface area contributed by atoms with Crippen LogP contribution in [0, 0.1) is 6.92 Å². The standard InChI is InChI=1S/C20H21ClN4O3S/c1-14-18(19(21)25(23-14)13-15-8-5-4-6-9-15)20(26)22-16-10-7-11-17(12-16)29(27,28)24(2)3/h4-12H,13H2,1-3H3,(H,22,26). The molecule has 1 aromatic heterocycles. The van der Waals surface area contributed by atoms with Crippen LogP contribution in [-0.4, -0.2) is 42.5 Å². The third-order valence-corrected chi connectivity index (χ3v) is 6.53. The van der Waals surface area contributed by atoms with Crippen molar-refractivity contribution in [3.05, 3.63) is 76.6 Å². The third kappa shape index (κ3) is 4.50. The van der Waals surface area contributed by atoms with Gasteiger partial charge >= 0.3 is 0 Å². The summed E-state index contributed by atoms with van der Waals surface area (Å²) in [5.74, 6) is -0.453. The smallest absolute Gasteiger partial charge is 0.260 e. The van der Waals surface area contributed by atoms with Gasteiger partial charge in [-0.05, 0) is 30.7 Å². The highest BCUT2D eigenvalue weighted by Crippen LogP contribution is 2.24. The molecule has 1 heterocycles. The van der Waals surface area contributed by atoms with E-state index in [1.54, 1.807) is 23.7 Å². The van der Waals surface area contributed by atoms with Crippen molar-refractivity contribution in [3.8, 4) is 0 Å². The quantitative estimate of drug-likeness (QED) is 0.647. The van der Waals surface area contributed by atoms with E-state index >= 15 is 0 Å². The summed E-state index contributed by atoms with van der Waals surface area (Å²) in [5.41, 5.74) is 2.10. The molecule has 3 rings (SSSR count). The molecule has 152 valence electrons. The Kier molecular flexibility index (Phi) is 6.07. The van der Waals surface area contributed by atoms with Crippen LogP contribution in [0.4, 0.5) is 5.69 Å². The van der Waals surface area contributed by atoms with Crippen molar-refractivity contribution in [2.75, 3.05) is 19.4 Å². The first-order chi connectivity index (χ1) is 13.7. The summed E-state index contributed by atoms with van der Waals surface area (Å²) in [5, 5.41) is 7.30. The van der Waals surface area contributed by atoms with Gasteiger partial charge in [0.05, 0.1) is 22.7 Å². The summed E-state index contributed by atoms with van der Waals surface area (Å²) in [6.07, 6.45) is 0. The summed E-state index contributed by atoms with van der Waals surface area (Å²) < 4.78 is 27.3. The van der Waals surface area contributed by atoms with E-state index in [1.807, 2.05) is 30.3 Å². The monoisotopic (exact) mass is 432 g/mol. The number of halogens is 1. The number of nitrogens with zero attached hydrogens (tertiary/aromatic N) is 3. The van der Waals surface area contributed by atoms with Gasteiger partial charge in [0.2, 0.25) is 10.0 Å². The fraction of sp³-hybridized carbons (Fsp3) is 0.200. The predicted octanol–water partition coefficient (Wildman–Crippen LogP) is 3.40. The molecular weight excluding hydrogens is 412 g/mol. The van der Waals surface area contributed by atoms with Gasteiger partial charge in [-0.25, -0.2) is 17.4 Å². The predicted molar refractivity (Wildman–Crippen MR) is 113 cm³/mol. The summed E-state index contributed by atoms with van der Waals surface area (Å²) in [6.45, 7) is 2.14. The van der Waals surface area contributed by atoms with Gasteiger partial charge in [0.25, 0.3) is 5.91 Å². The molecule has 3 aromatic rings. The number of carbonyl (C=O) groups excluding carboxylic acids is 1. The fourth-order valence-electron chi connectivity index (χ4n) is 2.81. The van der Waals surface area contributed by atoms with Gasteiger partial charge in [-0.3, -0.25) is 4.79 Å². The Bertz CT molecular complexity index is 1140. The molecule has 0 aliphatic carbocycles. The molecule has 0 aliphatic rings. The average Bonchev–Trinajstić information content (AvgIpc) is 2.96. The molecule has 0 aliphatic heterocycles. The van der Waals surface area contributed by atoms with Gasteiger partial charge < -0.3 is 5.32 Å². The molecular formula is C20H21ClN4O3S. The fourth-order valence-corrected chi connectivity index (χ4v) is 4.08. The second-order valence-electron chi connectivity index (χ2n) is 6.66. The first-order valence-electron chi connectivity index (χ1n) is 8.81. The van der Waals surface area contributed by atoms with Crippen molar-refractivity contribution < 1.29 is 13.2 Å². The number of rotatable bonds is 6. The number of amides is 1. The highest BCUT2D eigenvalue weighted by molar-refractivity contribution is 7.89. The first-order valence-corrected chi connectivity index (χ1v) is 10.6. The molecule has 0 atom stereocenters. The van der Waals surface area contributed by atoms with Crippen molar-refractivity contribution in [2.24, 2.45) is 0 Å². The van der Waals surface area contributed by atoms with E-state index in [9.17, 15) is 13.2 Å². The lowest BCUT2D eigenvalue weighted by Crippen LogP contribution is -2.22. The Balaban J connectivity index is 1.85. The molecule has 0 radical (unpaired) electrons. The molecule has 0 saturated heterocycles. The van der Waals surface area contributed by atoms with Crippen LogP contribution in [0.1, 0.15) is 21.6 Å². The Hall–Kier alpha value is -2.68. The van der Waals surface area contributed by atoms with Crippen molar-refractivity contribution in [2.45, 2.75) is 18.4 Å². The average molecular weight is 433 g/mol. The molecule has 9 heteroatoms. The number of aromatic nitrogens is 2. The number of carbonyl (C=O) groups is 1. The zero-order valence-electron chi connectivity index (χ0n) is 16.3. The number of aryl methyl sites for hydroxylation is 1. The summed E-state index contributed by atoms with van der Waals surface area (Å²) in [6, 6.07) is 15.7. The molecule has 1 amide bonds. The summed E-state index contributed by atoms with van der Waals surface area (Å²) in [4.78, 5) is 12.9. The van der Waals surface area contributed by atoms with Crippen LogP contribution in [0.25, 0.3) is 0 Å². The van der Waals surface area contributed by atoms with E-state index in [0.29, 0.717) is 17.9 Å². The third-order valence-electron chi connectivity index (χ3n) is 4.34. The van der Waals surface area contributed by atoms with Gasteiger partial charge in [-0.15, -0.1) is 0 Å². The lowest BCUT2D eigenvalue weighted by molar-refractivity contribution is 0.102. The lowest BCUT2D eigenvalue weighted by atomic mass is 10.2. The lowest BCUT2D eigenvalue weighted by Gasteiger charge is -2.12. The highest BCUT2D eigenvalue weighted by Gasteiger charge is 2.22. The van der Waals surface area contributed by atoms with Crippen LogP contribution < -0.4 is 5.32 Å². The Morgan fingerprint density at radius 1 is 1.14 bits per heavy atom. The molecule has 2 aromatic carbocycles. The van der Waals surface area contributed by atoms with Crippen LogP contribution in [0.3, 0.4) is 0 Å². The Morgan fingerprint density at radius 3 is 2.48 bits per heavy atom. The Morgan fingerprint density at radius 2 is 1.83 bits per heavy atom. The molecule has 0 fully saturated rings. The molecule has 1 N–H and O–H groups in total. The number of hydrogen-bond acceptors (Lipinski definition) is 4. The van der Waals surface area contributed by atoms with Gasteiger partial charge in [0.15, 0.2) is 0 Å². The maximum absolute atomic E-state index is 12.8. The normalized spacial score (nSPS) is 11.6. The minimum atomic E-state index is -3.61. The van der Waals surface area contributed by atoms with Crippen molar-refractivity contribution >= 4 is 33.2 Å². The van der Waals surface area contributed by atoms with Crippen molar-refractivity contribution in [1.29, 1.82) is 0 Å². The van der Waals surface area contributed by atoms with E-state index in [1.165, 1.54) is 26.2 Å². The zero-order chi connectivity index (χ0) is 21.2. The van der Waals surface area contributed by atoms with E-state index in [0.717, 1.165) is 9.87 Å². The largest absolute Gasteiger partial charge is 0.322 e. The van der Waals surface area contributed by atoms with E-state index in [4.69, 9.17) is 11.6 Å².